The molecule has 20 heavy (non-hydrogen) atoms. The molecule has 0 spiro atoms. The van der Waals surface area contributed by atoms with Gasteiger partial charge in [-0.25, -0.2) is 4.98 Å². The average Bonchev–Trinajstić information content (AvgIpc) is 2.47. The molecule has 0 saturated carbocycles. The number of aromatic nitrogens is 1. The van der Waals surface area contributed by atoms with Gasteiger partial charge in [-0.3, -0.25) is 4.79 Å². The summed E-state index contributed by atoms with van der Waals surface area (Å²) < 4.78 is 4.95. The van der Waals surface area contributed by atoms with E-state index in [9.17, 15) is 4.79 Å². The first-order chi connectivity index (χ1) is 9.72. The molecule has 0 bridgehead atoms. The Morgan fingerprint density at radius 2 is 2.45 bits per heavy atom. The zero-order valence-electron chi connectivity index (χ0n) is 12.3. The van der Waals surface area contributed by atoms with Crippen LogP contribution >= 0.6 is 0 Å². The first kappa shape index (κ1) is 14.8. The van der Waals surface area contributed by atoms with E-state index in [1.165, 1.54) is 6.42 Å². The number of anilines is 1. The number of methoxy groups -OCH3 is 1. The second-order valence-electron chi connectivity index (χ2n) is 5.32. The maximum atomic E-state index is 12.2. The van der Waals surface area contributed by atoms with Gasteiger partial charge < -0.3 is 15.0 Å². The fraction of sp³-hybridized carbons (Fsp3) is 0.600. The lowest BCUT2D eigenvalue weighted by molar-refractivity contribution is 0.0937. The smallest absolute Gasteiger partial charge is 0.255 e. The summed E-state index contributed by atoms with van der Waals surface area (Å²) in [5.74, 6) is 1.37. The van der Waals surface area contributed by atoms with Gasteiger partial charge in [-0.15, -0.1) is 0 Å². The minimum Gasteiger partial charge on any atom is -0.383 e. The summed E-state index contributed by atoms with van der Waals surface area (Å²) in [6.07, 6.45) is 4.15. The lowest BCUT2D eigenvalue weighted by Crippen LogP contribution is -2.37. The Bertz CT molecular complexity index is 450. The van der Waals surface area contributed by atoms with E-state index in [-0.39, 0.29) is 5.91 Å². The number of hydrogen-bond acceptors (Lipinski definition) is 4. The molecule has 2 heterocycles. The van der Waals surface area contributed by atoms with Crippen LogP contribution in [0.4, 0.5) is 5.82 Å². The Kier molecular flexibility index (Phi) is 5.35. The molecule has 5 nitrogen and oxygen atoms in total. The highest BCUT2D eigenvalue weighted by atomic mass is 16.5. The zero-order valence-corrected chi connectivity index (χ0v) is 12.3. The molecule has 110 valence electrons. The van der Waals surface area contributed by atoms with E-state index >= 15 is 0 Å². The van der Waals surface area contributed by atoms with Crippen molar-refractivity contribution in [2.45, 2.75) is 19.8 Å². The molecular weight excluding hydrogens is 254 g/mol. The van der Waals surface area contributed by atoms with Crippen LogP contribution in [0.15, 0.2) is 18.3 Å². The Morgan fingerprint density at radius 1 is 1.60 bits per heavy atom. The number of amides is 1. The van der Waals surface area contributed by atoms with Crippen LogP contribution in [-0.2, 0) is 4.74 Å². The minimum atomic E-state index is -0.0802. The topological polar surface area (TPSA) is 54.5 Å². The molecule has 1 fully saturated rings. The highest BCUT2D eigenvalue weighted by Gasteiger charge is 2.22. The van der Waals surface area contributed by atoms with Crippen molar-refractivity contribution >= 4 is 11.7 Å². The third-order valence-corrected chi connectivity index (χ3v) is 3.58. The number of carbonyl (C=O) groups is 1. The lowest BCUT2D eigenvalue weighted by atomic mass is 10.00. The highest BCUT2D eigenvalue weighted by molar-refractivity contribution is 5.98. The molecule has 1 aromatic rings. The number of pyridine rings is 1. The van der Waals surface area contributed by atoms with Crippen molar-refractivity contribution in [2.24, 2.45) is 5.92 Å². The van der Waals surface area contributed by atoms with Gasteiger partial charge in [0, 0.05) is 32.9 Å². The number of hydrogen-bond donors (Lipinski definition) is 1. The normalized spacial score (nSPS) is 18.9. The SMILES string of the molecule is COCCNC(=O)c1cccnc1N1CCCC(C)C1. The van der Waals surface area contributed by atoms with Gasteiger partial charge in [0.1, 0.15) is 5.82 Å². The number of nitrogens with one attached hydrogen (secondary N) is 1. The summed E-state index contributed by atoms with van der Waals surface area (Å²) in [4.78, 5) is 18.9. The van der Waals surface area contributed by atoms with E-state index in [0.717, 1.165) is 25.3 Å². The zero-order chi connectivity index (χ0) is 14.4. The van der Waals surface area contributed by atoms with Gasteiger partial charge in [0.05, 0.1) is 12.2 Å². The number of ether oxygens (including phenoxy) is 1. The van der Waals surface area contributed by atoms with E-state index in [2.05, 4.69) is 22.1 Å². The van der Waals surface area contributed by atoms with E-state index < -0.39 is 0 Å². The Hall–Kier alpha value is -1.62. The summed E-state index contributed by atoms with van der Waals surface area (Å²) in [7, 11) is 1.62. The molecule has 1 unspecified atom stereocenters. The summed E-state index contributed by atoms with van der Waals surface area (Å²) in [6.45, 7) is 5.21. The Balaban J connectivity index is 2.11. The first-order valence-electron chi connectivity index (χ1n) is 7.19. The summed E-state index contributed by atoms with van der Waals surface area (Å²) >= 11 is 0. The van der Waals surface area contributed by atoms with Crippen molar-refractivity contribution in [3.8, 4) is 0 Å². The maximum Gasteiger partial charge on any atom is 0.255 e. The predicted molar refractivity (Wildman–Crippen MR) is 79.1 cm³/mol. The molecule has 0 aliphatic carbocycles. The minimum absolute atomic E-state index is 0.0802. The molecule has 1 saturated heterocycles. The van der Waals surface area contributed by atoms with Crippen LogP contribution in [0, 0.1) is 5.92 Å². The number of piperidine rings is 1. The van der Waals surface area contributed by atoms with Gasteiger partial charge in [0.2, 0.25) is 0 Å². The van der Waals surface area contributed by atoms with E-state index in [4.69, 9.17) is 4.74 Å². The average molecular weight is 277 g/mol. The van der Waals surface area contributed by atoms with Crippen molar-refractivity contribution in [2.75, 3.05) is 38.3 Å². The van der Waals surface area contributed by atoms with Gasteiger partial charge >= 0.3 is 0 Å². The van der Waals surface area contributed by atoms with Crippen molar-refractivity contribution in [1.82, 2.24) is 10.3 Å². The fourth-order valence-electron chi connectivity index (χ4n) is 2.57. The lowest BCUT2D eigenvalue weighted by Gasteiger charge is -2.32. The molecule has 1 aromatic heterocycles. The molecule has 5 heteroatoms. The van der Waals surface area contributed by atoms with Crippen LogP contribution in [0.25, 0.3) is 0 Å². The Labute approximate surface area is 120 Å². The highest BCUT2D eigenvalue weighted by Crippen LogP contribution is 2.24. The van der Waals surface area contributed by atoms with Crippen LogP contribution in [0.5, 0.6) is 0 Å². The second-order valence-corrected chi connectivity index (χ2v) is 5.32. The summed E-state index contributed by atoms with van der Waals surface area (Å²) in [5.41, 5.74) is 0.651. The van der Waals surface area contributed by atoms with Crippen LogP contribution in [0.3, 0.4) is 0 Å². The van der Waals surface area contributed by atoms with E-state index in [1.807, 2.05) is 12.1 Å². The van der Waals surface area contributed by atoms with Gasteiger partial charge in [-0.2, -0.15) is 0 Å². The summed E-state index contributed by atoms with van der Waals surface area (Å²) in [6, 6.07) is 3.64. The third kappa shape index (κ3) is 3.70. The molecule has 1 aliphatic rings. The van der Waals surface area contributed by atoms with E-state index in [0.29, 0.717) is 24.6 Å². The fourth-order valence-corrected chi connectivity index (χ4v) is 2.57. The molecule has 1 N–H and O–H groups in total. The van der Waals surface area contributed by atoms with Gasteiger partial charge in [0.15, 0.2) is 0 Å². The van der Waals surface area contributed by atoms with Gasteiger partial charge in [-0.1, -0.05) is 6.92 Å². The third-order valence-electron chi connectivity index (χ3n) is 3.58. The molecular formula is C15H23N3O2. The number of carbonyl (C=O) groups excluding carboxylic acids is 1. The van der Waals surface area contributed by atoms with Gasteiger partial charge in [0.25, 0.3) is 5.91 Å². The summed E-state index contributed by atoms with van der Waals surface area (Å²) in [5, 5.41) is 2.86. The molecule has 0 aromatic carbocycles. The number of rotatable bonds is 5. The van der Waals surface area contributed by atoms with Crippen molar-refractivity contribution in [3.63, 3.8) is 0 Å². The van der Waals surface area contributed by atoms with Crippen LogP contribution < -0.4 is 10.2 Å². The monoisotopic (exact) mass is 277 g/mol. The molecule has 0 radical (unpaired) electrons. The number of nitrogens with zero attached hydrogens (tertiary/aromatic N) is 2. The quantitative estimate of drug-likeness (QED) is 0.832. The Morgan fingerprint density at radius 3 is 3.20 bits per heavy atom. The molecule has 1 atom stereocenters. The predicted octanol–water partition coefficient (Wildman–Crippen LogP) is 1.69. The van der Waals surface area contributed by atoms with Crippen LogP contribution in [0.1, 0.15) is 30.1 Å². The van der Waals surface area contributed by atoms with Crippen LogP contribution in [0.2, 0.25) is 0 Å². The molecule has 1 aliphatic heterocycles. The second kappa shape index (κ2) is 7.24. The standard InChI is InChI=1S/C15H23N3O2/c1-12-5-4-9-18(11-12)14-13(6-3-7-16-14)15(19)17-8-10-20-2/h3,6-7,12H,4-5,8-11H2,1-2H3,(H,17,19). The van der Waals surface area contributed by atoms with E-state index in [1.54, 1.807) is 13.3 Å². The van der Waals surface area contributed by atoms with Crippen molar-refractivity contribution in [1.29, 1.82) is 0 Å². The van der Waals surface area contributed by atoms with Crippen LogP contribution in [-0.4, -0.2) is 44.2 Å². The first-order valence-corrected chi connectivity index (χ1v) is 7.19. The molecule has 1 amide bonds. The van der Waals surface area contributed by atoms with Crippen molar-refractivity contribution < 1.29 is 9.53 Å². The molecule has 2 rings (SSSR count). The van der Waals surface area contributed by atoms with Gasteiger partial charge in [-0.05, 0) is 30.9 Å². The maximum absolute atomic E-state index is 12.2. The van der Waals surface area contributed by atoms with Crippen molar-refractivity contribution in [3.05, 3.63) is 23.9 Å². The largest absolute Gasteiger partial charge is 0.383 e.